The zero-order valence-electron chi connectivity index (χ0n) is 9.89. The number of aliphatic hydroxyl groups excluding tert-OH is 1. The first kappa shape index (κ1) is 12.5. The Balaban J connectivity index is 2.34. The fraction of sp³-hybridized carbons (Fsp3) is 0.0667. The van der Waals surface area contributed by atoms with Crippen molar-refractivity contribution in [1.29, 1.82) is 0 Å². The summed E-state index contributed by atoms with van der Waals surface area (Å²) in [6.07, 6.45) is 11.0. The molecule has 1 aliphatic rings. The summed E-state index contributed by atoms with van der Waals surface area (Å²) in [5, 5.41) is 20.2. The number of phenols is 1. The number of phenolic OH excluding ortho intramolecular Hbond substituents is 1. The second-order valence-corrected chi connectivity index (χ2v) is 4.46. The van der Waals surface area contributed by atoms with Crippen LogP contribution in [0.5, 0.6) is 5.75 Å². The van der Waals surface area contributed by atoms with Crippen molar-refractivity contribution in [2.75, 3.05) is 0 Å². The first-order valence-corrected chi connectivity index (χ1v) is 5.91. The van der Waals surface area contributed by atoms with Gasteiger partial charge in [-0.25, -0.2) is 0 Å². The molecule has 0 spiro atoms. The van der Waals surface area contributed by atoms with Crippen LogP contribution in [0.15, 0.2) is 54.2 Å². The van der Waals surface area contributed by atoms with Crippen LogP contribution in [0.4, 0.5) is 0 Å². The highest BCUT2D eigenvalue weighted by Crippen LogP contribution is 2.29. The Bertz CT molecular complexity index is 579. The molecular formula is C15H13ClO2. The van der Waals surface area contributed by atoms with Gasteiger partial charge in [-0.15, -0.1) is 0 Å². The number of hydrogen-bond acceptors (Lipinski definition) is 2. The molecule has 1 aliphatic carbocycles. The molecule has 0 aliphatic heterocycles. The second-order valence-electron chi connectivity index (χ2n) is 4.06. The van der Waals surface area contributed by atoms with Crippen LogP contribution in [0.2, 0.25) is 5.02 Å². The number of allylic oxidation sites excluding steroid dienone is 7. The molecule has 2 nitrogen and oxygen atoms in total. The van der Waals surface area contributed by atoms with E-state index in [0.29, 0.717) is 10.6 Å². The fourth-order valence-electron chi connectivity index (χ4n) is 1.64. The predicted molar refractivity (Wildman–Crippen MR) is 74.8 cm³/mol. The summed E-state index contributed by atoms with van der Waals surface area (Å²) in [5.41, 5.74) is 2.08. The monoisotopic (exact) mass is 260 g/mol. The van der Waals surface area contributed by atoms with Crippen LogP contribution < -0.4 is 0 Å². The van der Waals surface area contributed by atoms with E-state index in [1.54, 1.807) is 19.1 Å². The summed E-state index contributed by atoms with van der Waals surface area (Å²) in [6, 6.07) is 3.08. The van der Waals surface area contributed by atoms with Crippen LogP contribution in [0, 0.1) is 6.92 Å². The van der Waals surface area contributed by atoms with Crippen molar-refractivity contribution in [3.63, 3.8) is 0 Å². The van der Waals surface area contributed by atoms with Crippen molar-refractivity contribution in [2.45, 2.75) is 6.92 Å². The van der Waals surface area contributed by atoms with Crippen molar-refractivity contribution in [2.24, 2.45) is 0 Å². The fourth-order valence-corrected chi connectivity index (χ4v) is 1.80. The molecule has 3 heteroatoms. The van der Waals surface area contributed by atoms with Gasteiger partial charge in [-0.05, 0) is 36.3 Å². The SMILES string of the molecule is Cc1cc(O)c(C(O)=CC=C2C=CC=C2)cc1Cl. The van der Waals surface area contributed by atoms with Gasteiger partial charge < -0.3 is 10.2 Å². The predicted octanol–water partition coefficient (Wildman–Crippen LogP) is 4.31. The number of halogens is 1. The molecule has 0 radical (unpaired) electrons. The van der Waals surface area contributed by atoms with Gasteiger partial charge in [-0.3, -0.25) is 0 Å². The number of benzene rings is 1. The van der Waals surface area contributed by atoms with E-state index in [-0.39, 0.29) is 11.5 Å². The van der Waals surface area contributed by atoms with Gasteiger partial charge in [0.05, 0.1) is 5.56 Å². The van der Waals surface area contributed by atoms with Gasteiger partial charge in [0.25, 0.3) is 0 Å². The Morgan fingerprint density at radius 1 is 1.22 bits per heavy atom. The van der Waals surface area contributed by atoms with Crippen molar-refractivity contribution in [1.82, 2.24) is 0 Å². The van der Waals surface area contributed by atoms with E-state index in [4.69, 9.17) is 11.6 Å². The Morgan fingerprint density at radius 2 is 1.89 bits per heavy atom. The average molecular weight is 261 g/mol. The Kier molecular flexibility index (Phi) is 3.58. The Morgan fingerprint density at radius 3 is 2.56 bits per heavy atom. The van der Waals surface area contributed by atoms with Gasteiger partial charge in [-0.2, -0.15) is 0 Å². The van der Waals surface area contributed by atoms with Crippen LogP contribution in [-0.2, 0) is 0 Å². The van der Waals surface area contributed by atoms with Crippen LogP contribution in [0.1, 0.15) is 11.1 Å². The third-order valence-corrected chi connectivity index (χ3v) is 3.08. The molecular weight excluding hydrogens is 248 g/mol. The molecule has 0 saturated carbocycles. The number of rotatable bonds is 2. The van der Waals surface area contributed by atoms with Gasteiger partial charge in [-0.1, -0.05) is 42.0 Å². The van der Waals surface area contributed by atoms with E-state index in [9.17, 15) is 10.2 Å². The third-order valence-electron chi connectivity index (χ3n) is 2.68. The molecule has 0 fully saturated rings. The first-order valence-electron chi connectivity index (χ1n) is 5.53. The number of hydrogen-bond donors (Lipinski definition) is 2. The quantitative estimate of drug-likeness (QED) is 0.778. The summed E-state index contributed by atoms with van der Waals surface area (Å²) in [5.74, 6) is -0.00263. The summed E-state index contributed by atoms with van der Waals surface area (Å²) in [4.78, 5) is 0. The van der Waals surface area contributed by atoms with Gasteiger partial charge in [0.1, 0.15) is 11.5 Å². The maximum absolute atomic E-state index is 9.93. The average Bonchev–Trinajstić information content (AvgIpc) is 2.84. The molecule has 18 heavy (non-hydrogen) atoms. The zero-order chi connectivity index (χ0) is 13.1. The van der Waals surface area contributed by atoms with Gasteiger partial charge in [0, 0.05) is 5.02 Å². The Hall–Kier alpha value is -1.93. The highest BCUT2D eigenvalue weighted by atomic mass is 35.5. The third kappa shape index (κ3) is 2.66. The summed E-state index contributed by atoms with van der Waals surface area (Å²) in [7, 11) is 0. The molecule has 0 heterocycles. The van der Waals surface area contributed by atoms with Crippen LogP contribution in [0.3, 0.4) is 0 Å². The van der Waals surface area contributed by atoms with Crippen LogP contribution in [0.25, 0.3) is 5.76 Å². The van der Waals surface area contributed by atoms with Gasteiger partial charge >= 0.3 is 0 Å². The smallest absolute Gasteiger partial charge is 0.126 e. The van der Waals surface area contributed by atoms with Crippen molar-refractivity contribution < 1.29 is 10.2 Å². The molecule has 92 valence electrons. The first-order chi connectivity index (χ1) is 8.58. The van der Waals surface area contributed by atoms with E-state index < -0.39 is 0 Å². The lowest BCUT2D eigenvalue weighted by molar-refractivity contribution is 0.460. The lowest BCUT2D eigenvalue weighted by Gasteiger charge is -2.06. The molecule has 0 atom stereocenters. The lowest BCUT2D eigenvalue weighted by Crippen LogP contribution is -1.86. The van der Waals surface area contributed by atoms with E-state index in [1.165, 1.54) is 12.1 Å². The molecule has 2 N–H and O–H groups in total. The number of aliphatic hydroxyl groups is 1. The van der Waals surface area contributed by atoms with Crippen molar-refractivity contribution in [3.8, 4) is 5.75 Å². The maximum atomic E-state index is 9.93. The number of aryl methyl sites for hydroxylation is 1. The molecule has 2 rings (SSSR count). The van der Waals surface area contributed by atoms with Crippen LogP contribution >= 0.6 is 11.6 Å². The Labute approximate surface area is 111 Å². The largest absolute Gasteiger partial charge is 0.507 e. The van der Waals surface area contributed by atoms with Crippen LogP contribution in [-0.4, -0.2) is 10.2 Å². The highest BCUT2D eigenvalue weighted by molar-refractivity contribution is 6.31. The summed E-state index contributed by atoms with van der Waals surface area (Å²) < 4.78 is 0. The van der Waals surface area contributed by atoms with E-state index in [2.05, 4.69) is 0 Å². The van der Waals surface area contributed by atoms with Gasteiger partial charge in [0.2, 0.25) is 0 Å². The molecule has 1 aromatic carbocycles. The molecule has 0 bridgehead atoms. The zero-order valence-corrected chi connectivity index (χ0v) is 10.6. The highest BCUT2D eigenvalue weighted by Gasteiger charge is 2.08. The van der Waals surface area contributed by atoms with E-state index in [1.807, 2.05) is 24.3 Å². The molecule has 0 saturated heterocycles. The van der Waals surface area contributed by atoms with Crippen molar-refractivity contribution >= 4 is 17.4 Å². The van der Waals surface area contributed by atoms with Crippen molar-refractivity contribution in [3.05, 3.63) is 70.3 Å². The minimum Gasteiger partial charge on any atom is -0.507 e. The van der Waals surface area contributed by atoms with E-state index in [0.717, 1.165) is 11.1 Å². The second kappa shape index (κ2) is 5.15. The molecule has 1 aromatic rings. The standard InChI is InChI=1S/C15H13ClO2/c1-10-8-15(18)12(9-13(10)16)14(17)7-6-11-4-2-3-5-11/h2-9,17-18H,1H3. The summed E-state index contributed by atoms with van der Waals surface area (Å²) >= 11 is 5.97. The molecule has 0 aromatic heterocycles. The van der Waals surface area contributed by atoms with E-state index >= 15 is 0 Å². The molecule has 0 unspecified atom stereocenters. The minimum absolute atomic E-state index is 0.0153. The normalized spacial score (nSPS) is 14.3. The summed E-state index contributed by atoms with van der Waals surface area (Å²) in [6.45, 7) is 1.79. The topological polar surface area (TPSA) is 40.5 Å². The minimum atomic E-state index is -0.0180. The van der Waals surface area contributed by atoms with Gasteiger partial charge in [0.15, 0.2) is 0 Å². The maximum Gasteiger partial charge on any atom is 0.126 e. The lowest BCUT2D eigenvalue weighted by atomic mass is 10.1. The molecule has 0 amide bonds. The number of aromatic hydroxyl groups is 1.